The Bertz CT molecular complexity index is 1140. The quantitative estimate of drug-likeness (QED) is 0.476. The van der Waals surface area contributed by atoms with E-state index < -0.39 is 12.0 Å². The molecule has 1 aromatic heterocycles. The fraction of sp³-hybridized carbons (Fsp3) is 0.227. The lowest BCUT2D eigenvalue weighted by Crippen LogP contribution is -2.46. The third kappa shape index (κ3) is 3.91. The van der Waals surface area contributed by atoms with Gasteiger partial charge in [-0.05, 0) is 37.1 Å². The highest BCUT2D eigenvalue weighted by Gasteiger charge is 2.34. The third-order valence-electron chi connectivity index (χ3n) is 4.91. The van der Waals surface area contributed by atoms with Crippen LogP contribution in [-0.4, -0.2) is 29.8 Å². The molecule has 0 fully saturated rings. The summed E-state index contributed by atoms with van der Waals surface area (Å²) in [6.45, 7) is 3.95. The van der Waals surface area contributed by atoms with Gasteiger partial charge in [-0.3, -0.25) is 0 Å². The average Bonchev–Trinajstić information content (AvgIpc) is 3.14. The molecule has 0 bridgehead atoms. The second-order valence-corrected chi connectivity index (χ2v) is 7.94. The molecule has 154 valence electrons. The molecule has 1 aliphatic heterocycles. The lowest BCUT2D eigenvalue weighted by atomic mass is 9.91. The van der Waals surface area contributed by atoms with Gasteiger partial charge in [-0.15, -0.1) is 0 Å². The minimum Gasteiger partial charge on any atom is -0.466 e. The number of aromatic nitrogens is 1. The van der Waals surface area contributed by atoms with Crippen molar-refractivity contribution in [1.82, 2.24) is 15.6 Å². The Labute approximate surface area is 177 Å². The molecular weight excluding hydrogens is 402 g/mol. The molecule has 2 heterocycles. The summed E-state index contributed by atoms with van der Waals surface area (Å²) >= 11 is 1.30. The zero-order chi connectivity index (χ0) is 21.3. The zero-order valence-electron chi connectivity index (χ0n) is 16.8. The molecular formula is C22H21N3O4S. The number of hydrogen-bond acceptors (Lipinski definition) is 6. The van der Waals surface area contributed by atoms with Gasteiger partial charge in [0.05, 0.1) is 18.7 Å². The van der Waals surface area contributed by atoms with E-state index in [0.717, 1.165) is 22.2 Å². The van der Waals surface area contributed by atoms with E-state index in [9.17, 15) is 9.59 Å². The lowest BCUT2D eigenvalue weighted by Gasteiger charge is -2.30. The van der Waals surface area contributed by atoms with Crippen molar-refractivity contribution < 1.29 is 18.7 Å². The first-order chi connectivity index (χ1) is 14.5. The van der Waals surface area contributed by atoms with Gasteiger partial charge in [0, 0.05) is 11.4 Å². The average molecular weight is 423 g/mol. The number of carbonyl (C=O) groups is 2. The van der Waals surface area contributed by atoms with Crippen LogP contribution in [0.3, 0.4) is 0 Å². The topological polar surface area (TPSA) is 93.5 Å². The van der Waals surface area contributed by atoms with E-state index in [-0.39, 0.29) is 6.03 Å². The number of oxazole rings is 1. The summed E-state index contributed by atoms with van der Waals surface area (Å²) in [5.41, 5.74) is 5.21. The first kappa shape index (κ1) is 20.0. The Morgan fingerprint density at radius 3 is 2.77 bits per heavy atom. The third-order valence-corrected chi connectivity index (χ3v) is 5.76. The second kappa shape index (κ2) is 8.23. The second-order valence-electron chi connectivity index (χ2n) is 7.01. The van der Waals surface area contributed by atoms with Crippen molar-refractivity contribution in [1.29, 1.82) is 0 Å². The van der Waals surface area contributed by atoms with Crippen molar-refractivity contribution in [3.63, 3.8) is 0 Å². The maximum Gasteiger partial charge on any atom is 0.338 e. The van der Waals surface area contributed by atoms with Crippen LogP contribution in [0.4, 0.5) is 4.79 Å². The van der Waals surface area contributed by atoms with Crippen molar-refractivity contribution in [3.8, 4) is 0 Å². The highest BCUT2D eigenvalue weighted by atomic mass is 32.2. The number of methoxy groups -OCH3 is 1. The Morgan fingerprint density at radius 1 is 1.23 bits per heavy atom. The number of nitrogens with zero attached hydrogens (tertiary/aromatic N) is 1. The van der Waals surface area contributed by atoms with Gasteiger partial charge in [0.1, 0.15) is 5.52 Å². The van der Waals surface area contributed by atoms with Gasteiger partial charge in [-0.2, -0.15) is 0 Å². The number of fused-ring (bicyclic) bond motifs is 1. The van der Waals surface area contributed by atoms with E-state index >= 15 is 0 Å². The molecule has 1 unspecified atom stereocenters. The van der Waals surface area contributed by atoms with Crippen LogP contribution < -0.4 is 10.6 Å². The van der Waals surface area contributed by atoms with E-state index in [1.54, 1.807) is 0 Å². The Hall–Kier alpha value is -3.26. The Morgan fingerprint density at radius 2 is 2.03 bits per heavy atom. The molecule has 0 aliphatic carbocycles. The molecule has 2 amide bonds. The number of hydrogen-bond donors (Lipinski definition) is 2. The monoisotopic (exact) mass is 423 g/mol. The number of esters is 1. The van der Waals surface area contributed by atoms with E-state index in [1.807, 2.05) is 56.3 Å². The molecule has 8 heteroatoms. The number of thioether (sulfide) groups is 1. The molecule has 1 atom stereocenters. The standard InChI is InChI=1S/C22H21N3O4S/c1-12-8-9-14(13(2)10-12)19-18(20(26)28-3)16(23-21(27)25-19)11-30-22-24-15-6-4-5-7-17(15)29-22/h4-10,19H,11H2,1-3H3,(H2,23,25,27). The van der Waals surface area contributed by atoms with Gasteiger partial charge in [-0.1, -0.05) is 47.7 Å². The van der Waals surface area contributed by atoms with Gasteiger partial charge in [0.2, 0.25) is 0 Å². The van der Waals surface area contributed by atoms with Crippen LogP contribution in [-0.2, 0) is 9.53 Å². The van der Waals surface area contributed by atoms with Crippen LogP contribution in [0.25, 0.3) is 11.1 Å². The highest BCUT2D eigenvalue weighted by Crippen LogP contribution is 2.33. The van der Waals surface area contributed by atoms with Gasteiger partial charge in [0.15, 0.2) is 5.58 Å². The Balaban J connectivity index is 1.70. The number of rotatable bonds is 5. The van der Waals surface area contributed by atoms with Crippen LogP contribution in [0.5, 0.6) is 0 Å². The van der Waals surface area contributed by atoms with Crippen molar-refractivity contribution in [2.45, 2.75) is 25.1 Å². The van der Waals surface area contributed by atoms with E-state index in [2.05, 4.69) is 15.6 Å². The fourth-order valence-electron chi connectivity index (χ4n) is 3.51. The minimum absolute atomic E-state index is 0.298. The van der Waals surface area contributed by atoms with Crippen LogP contribution in [0, 0.1) is 13.8 Å². The number of benzene rings is 2. The number of para-hydroxylation sites is 2. The van der Waals surface area contributed by atoms with Gasteiger partial charge in [-0.25, -0.2) is 14.6 Å². The minimum atomic E-state index is -0.606. The number of carbonyl (C=O) groups excluding carboxylic acids is 2. The predicted octanol–water partition coefficient (Wildman–Crippen LogP) is 4.02. The summed E-state index contributed by atoms with van der Waals surface area (Å²) in [5, 5.41) is 6.07. The maximum atomic E-state index is 12.7. The summed E-state index contributed by atoms with van der Waals surface area (Å²) in [6.07, 6.45) is 0. The van der Waals surface area contributed by atoms with E-state index in [4.69, 9.17) is 9.15 Å². The first-order valence-corrected chi connectivity index (χ1v) is 10.4. The molecule has 3 aromatic rings. The molecule has 0 spiro atoms. The lowest BCUT2D eigenvalue weighted by molar-refractivity contribution is -0.136. The molecule has 2 aromatic carbocycles. The molecule has 7 nitrogen and oxygen atoms in total. The van der Waals surface area contributed by atoms with Crippen LogP contribution >= 0.6 is 11.8 Å². The van der Waals surface area contributed by atoms with Gasteiger partial charge >= 0.3 is 12.0 Å². The van der Waals surface area contributed by atoms with Crippen molar-refractivity contribution in [3.05, 3.63) is 70.4 Å². The number of ether oxygens (including phenoxy) is 1. The van der Waals surface area contributed by atoms with Crippen molar-refractivity contribution in [2.75, 3.05) is 12.9 Å². The summed E-state index contributed by atoms with van der Waals surface area (Å²) in [7, 11) is 1.33. The summed E-state index contributed by atoms with van der Waals surface area (Å²) < 4.78 is 10.8. The molecule has 0 saturated heterocycles. The zero-order valence-corrected chi connectivity index (χ0v) is 17.6. The highest BCUT2D eigenvalue weighted by molar-refractivity contribution is 7.99. The smallest absolute Gasteiger partial charge is 0.338 e. The summed E-state index contributed by atoms with van der Waals surface area (Å²) in [5.74, 6) is -0.202. The van der Waals surface area contributed by atoms with Crippen LogP contribution in [0.15, 0.2) is 63.4 Å². The first-order valence-electron chi connectivity index (χ1n) is 9.40. The summed E-state index contributed by atoms with van der Waals surface area (Å²) in [4.78, 5) is 29.5. The molecule has 0 radical (unpaired) electrons. The molecule has 30 heavy (non-hydrogen) atoms. The Kier molecular flexibility index (Phi) is 5.50. The van der Waals surface area contributed by atoms with E-state index in [0.29, 0.717) is 27.8 Å². The normalized spacial score (nSPS) is 16.4. The largest absolute Gasteiger partial charge is 0.466 e. The maximum absolute atomic E-state index is 12.7. The van der Waals surface area contributed by atoms with Gasteiger partial charge < -0.3 is 19.8 Å². The van der Waals surface area contributed by atoms with E-state index in [1.165, 1.54) is 18.9 Å². The SMILES string of the molecule is COC(=O)C1=C(CSc2nc3ccccc3o2)NC(=O)NC1c1ccc(C)cc1C. The molecule has 2 N–H and O–H groups in total. The molecule has 4 rings (SSSR count). The number of urea groups is 1. The number of aryl methyl sites for hydroxylation is 2. The fourth-order valence-corrected chi connectivity index (χ4v) is 4.32. The van der Waals surface area contributed by atoms with Gasteiger partial charge in [0.25, 0.3) is 5.22 Å². The summed E-state index contributed by atoms with van der Waals surface area (Å²) in [6, 6.07) is 12.4. The number of amides is 2. The predicted molar refractivity (Wildman–Crippen MR) is 114 cm³/mol. The van der Waals surface area contributed by atoms with Crippen molar-refractivity contribution >= 4 is 34.9 Å². The van der Waals surface area contributed by atoms with Crippen LogP contribution in [0.2, 0.25) is 0 Å². The molecule has 0 saturated carbocycles. The molecule has 1 aliphatic rings. The van der Waals surface area contributed by atoms with Crippen LogP contribution in [0.1, 0.15) is 22.7 Å². The van der Waals surface area contributed by atoms with Crippen molar-refractivity contribution in [2.24, 2.45) is 0 Å². The number of nitrogens with one attached hydrogen (secondary N) is 2.